The van der Waals surface area contributed by atoms with Gasteiger partial charge in [-0.1, -0.05) is 24.3 Å². The molecular weight excluding hydrogens is 212 g/mol. The number of hydrogen-bond donors (Lipinski definition) is 2. The molecule has 0 heterocycles. The lowest BCUT2D eigenvalue weighted by Gasteiger charge is -2.16. The summed E-state index contributed by atoms with van der Waals surface area (Å²) in [6, 6.07) is 7.29. The van der Waals surface area contributed by atoms with E-state index in [4.69, 9.17) is 5.73 Å². The summed E-state index contributed by atoms with van der Waals surface area (Å²) in [5.41, 5.74) is 8.04. The molecule has 2 rings (SSSR count). The van der Waals surface area contributed by atoms with Crippen LogP contribution in [0.5, 0.6) is 0 Å². The molecule has 2 atom stereocenters. The molecule has 1 aliphatic rings. The van der Waals surface area contributed by atoms with Gasteiger partial charge in [0.25, 0.3) is 0 Å². The maximum Gasteiger partial charge on any atom is 0.209 e. The van der Waals surface area contributed by atoms with Crippen LogP contribution < -0.4 is 10.5 Å². The summed E-state index contributed by atoms with van der Waals surface area (Å²) in [4.78, 5) is 0. The third-order valence-electron chi connectivity index (χ3n) is 2.61. The molecule has 0 saturated heterocycles. The summed E-state index contributed by atoms with van der Waals surface area (Å²) >= 11 is 0. The zero-order chi connectivity index (χ0) is 11.1. The van der Waals surface area contributed by atoms with Crippen molar-refractivity contribution in [3.63, 3.8) is 0 Å². The van der Waals surface area contributed by atoms with E-state index >= 15 is 0 Å². The smallest absolute Gasteiger partial charge is 0.209 e. The molecule has 0 saturated carbocycles. The first kappa shape index (κ1) is 10.6. The van der Waals surface area contributed by atoms with Crippen LogP contribution in [0.4, 0.5) is 0 Å². The van der Waals surface area contributed by atoms with Crippen molar-refractivity contribution in [2.24, 2.45) is 5.73 Å². The average Bonchev–Trinajstić information content (AvgIpc) is 2.41. The van der Waals surface area contributed by atoms with Crippen LogP contribution >= 0.6 is 0 Å². The molecule has 1 aromatic rings. The van der Waals surface area contributed by atoms with Crippen molar-refractivity contribution in [3.05, 3.63) is 35.4 Å². The predicted octanol–water partition coefficient (Wildman–Crippen LogP) is 0.160. The van der Waals surface area contributed by atoms with Crippen molar-refractivity contribution in [1.29, 1.82) is 0 Å². The number of sulfonamides is 1. The van der Waals surface area contributed by atoms with Crippen LogP contribution in [-0.4, -0.2) is 20.7 Å². The SMILES string of the molecule is CS(=O)(=O)N[C@@H]1c2ccccc2CC1N. The Bertz CT molecular complexity index is 470. The van der Waals surface area contributed by atoms with Gasteiger partial charge in [-0.3, -0.25) is 0 Å². The molecule has 1 unspecified atom stereocenters. The molecule has 4 nitrogen and oxygen atoms in total. The second-order valence-corrected chi connectivity index (χ2v) is 5.71. The largest absolute Gasteiger partial charge is 0.326 e. The Labute approximate surface area is 89.5 Å². The Morgan fingerprint density at radius 3 is 2.73 bits per heavy atom. The lowest BCUT2D eigenvalue weighted by Crippen LogP contribution is -2.37. The van der Waals surface area contributed by atoms with Gasteiger partial charge >= 0.3 is 0 Å². The molecule has 0 bridgehead atoms. The topological polar surface area (TPSA) is 72.2 Å². The van der Waals surface area contributed by atoms with Gasteiger partial charge in [0, 0.05) is 6.04 Å². The Kier molecular flexibility index (Phi) is 2.54. The van der Waals surface area contributed by atoms with E-state index in [-0.39, 0.29) is 12.1 Å². The summed E-state index contributed by atoms with van der Waals surface area (Å²) in [5, 5.41) is 0. The van der Waals surface area contributed by atoms with Crippen LogP contribution in [0.3, 0.4) is 0 Å². The summed E-state index contributed by atoms with van der Waals surface area (Å²) in [5.74, 6) is 0. The van der Waals surface area contributed by atoms with E-state index in [9.17, 15) is 8.42 Å². The monoisotopic (exact) mass is 226 g/mol. The molecule has 0 spiro atoms. The van der Waals surface area contributed by atoms with E-state index in [1.807, 2.05) is 24.3 Å². The van der Waals surface area contributed by atoms with Crippen LogP contribution in [0.25, 0.3) is 0 Å². The predicted molar refractivity (Wildman–Crippen MR) is 58.8 cm³/mol. The Hall–Kier alpha value is -0.910. The van der Waals surface area contributed by atoms with Gasteiger partial charge < -0.3 is 5.73 Å². The van der Waals surface area contributed by atoms with E-state index in [0.717, 1.165) is 23.8 Å². The third kappa shape index (κ3) is 2.19. The number of rotatable bonds is 2. The lowest BCUT2D eigenvalue weighted by molar-refractivity contribution is 0.521. The van der Waals surface area contributed by atoms with Crippen molar-refractivity contribution >= 4 is 10.0 Å². The maximum absolute atomic E-state index is 11.2. The summed E-state index contributed by atoms with van der Waals surface area (Å²) < 4.78 is 24.9. The van der Waals surface area contributed by atoms with Crippen LogP contribution in [-0.2, 0) is 16.4 Å². The quantitative estimate of drug-likeness (QED) is 0.754. The second-order valence-electron chi connectivity index (χ2n) is 3.93. The van der Waals surface area contributed by atoms with E-state index in [0.29, 0.717) is 0 Å². The van der Waals surface area contributed by atoms with Gasteiger partial charge in [0.15, 0.2) is 0 Å². The number of nitrogens with two attached hydrogens (primary N) is 1. The normalized spacial score (nSPS) is 25.2. The molecule has 82 valence electrons. The standard InChI is InChI=1S/C10H14N2O2S/c1-15(13,14)12-10-8-5-3-2-4-7(8)6-9(10)11/h2-5,9-10,12H,6,11H2,1H3/t9?,10-/m1/s1. The molecule has 0 fully saturated rings. The lowest BCUT2D eigenvalue weighted by atomic mass is 10.1. The molecule has 0 amide bonds. The fraction of sp³-hybridized carbons (Fsp3) is 0.400. The molecule has 0 radical (unpaired) electrons. The fourth-order valence-electron chi connectivity index (χ4n) is 2.01. The molecule has 3 N–H and O–H groups in total. The Balaban J connectivity index is 2.34. The number of fused-ring (bicyclic) bond motifs is 1. The minimum absolute atomic E-state index is 0.169. The van der Waals surface area contributed by atoms with Crippen LogP contribution in [0, 0.1) is 0 Å². The van der Waals surface area contributed by atoms with Crippen molar-refractivity contribution in [2.45, 2.75) is 18.5 Å². The van der Waals surface area contributed by atoms with Crippen LogP contribution in [0.1, 0.15) is 17.2 Å². The van der Waals surface area contributed by atoms with Gasteiger partial charge in [0.1, 0.15) is 0 Å². The fourth-order valence-corrected chi connectivity index (χ4v) is 2.77. The van der Waals surface area contributed by atoms with Crippen LogP contribution in [0.15, 0.2) is 24.3 Å². The average molecular weight is 226 g/mol. The molecule has 15 heavy (non-hydrogen) atoms. The van der Waals surface area contributed by atoms with Gasteiger partial charge in [-0.05, 0) is 17.5 Å². The number of benzene rings is 1. The second kappa shape index (κ2) is 3.59. The van der Waals surface area contributed by atoms with Crippen LogP contribution in [0.2, 0.25) is 0 Å². The van der Waals surface area contributed by atoms with Gasteiger partial charge in [-0.2, -0.15) is 0 Å². The van der Waals surface area contributed by atoms with Gasteiger partial charge in [-0.15, -0.1) is 0 Å². The van der Waals surface area contributed by atoms with E-state index in [1.165, 1.54) is 0 Å². The van der Waals surface area contributed by atoms with Crippen molar-refractivity contribution in [1.82, 2.24) is 4.72 Å². The molecule has 1 aliphatic carbocycles. The maximum atomic E-state index is 11.2. The van der Waals surface area contributed by atoms with Crippen molar-refractivity contribution in [2.75, 3.05) is 6.26 Å². The number of nitrogens with one attached hydrogen (secondary N) is 1. The van der Waals surface area contributed by atoms with Gasteiger partial charge in [0.05, 0.1) is 12.3 Å². The first-order chi connectivity index (χ1) is 6.97. The molecule has 1 aromatic carbocycles. The van der Waals surface area contributed by atoms with E-state index in [1.54, 1.807) is 0 Å². The zero-order valence-corrected chi connectivity index (χ0v) is 9.29. The number of hydrogen-bond acceptors (Lipinski definition) is 3. The summed E-state index contributed by atoms with van der Waals surface area (Å²) in [6.07, 6.45) is 1.88. The highest BCUT2D eigenvalue weighted by atomic mass is 32.2. The third-order valence-corrected chi connectivity index (χ3v) is 3.30. The zero-order valence-electron chi connectivity index (χ0n) is 8.47. The highest BCUT2D eigenvalue weighted by molar-refractivity contribution is 7.88. The summed E-state index contributed by atoms with van der Waals surface area (Å²) in [6.45, 7) is 0. The highest BCUT2D eigenvalue weighted by Gasteiger charge is 2.31. The van der Waals surface area contributed by atoms with E-state index in [2.05, 4.69) is 4.72 Å². The van der Waals surface area contributed by atoms with Gasteiger partial charge in [-0.25, -0.2) is 13.1 Å². The minimum atomic E-state index is -3.21. The Morgan fingerprint density at radius 1 is 1.40 bits per heavy atom. The highest BCUT2D eigenvalue weighted by Crippen LogP contribution is 2.30. The van der Waals surface area contributed by atoms with E-state index < -0.39 is 10.0 Å². The molecule has 0 aliphatic heterocycles. The first-order valence-corrected chi connectivity index (χ1v) is 6.67. The Morgan fingerprint density at radius 2 is 2.07 bits per heavy atom. The van der Waals surface area contributed by atoms with Gasteiger partial charge in [0.2, 0.25) is 10.0 Å². The van der Waals surface area contributed by atoms with Crippen molar-refractivity contribution in [3.8, 4) is 0 Å². The first-order valence-electron chi connectivity index (χ1n) is 4.78. The molecular formula is C10H14N2O2S. The molecule has 5 heteroatoms. The molecule has 0 aromatic heterocycles. The summed E-state index contributed by atoms with van der Waals surface area (Å²) in [7, 11) is -3.21. The van der Waals surface area contributed by atoms with Crippen molar-refractivity contribution < 1.29 is 8.42 Å². The minimum Gasteiger partial charge on any atom is -0.326 e.